The summed E-state index contributed by atoms with van der Waals surface area (Å²) < 4.78 is 13.1. The first-order valence-corrected chi connectivity index (χ1v) is 6.59. The first kappa shape index (κ1) is 13.8. The molecule has 2 rings (SSSR count). The van der Waals surface area contributed by atoms with E-state index in [0.717, 1.165) is 12.4 Å². The van der Waals surface area contributed by atoms with Gasteiger partial charge in [-0.2, -0.15) is 0 Å². The molecular weight excluding hydrogens is 240 g/mol. The summed E-state index contributed by atoms with van der Waals surface area (Å²) in [5, 5.41) is 0. The number of benzene rings is 1. The lowest BCUT2D eigenvalue weighted by Gasteiger charge is -2.08. The molecule has 1 aromatic carbocycles. The molecule has 0 fully saturated rings. The molecule has 2 aromatic rings. The molecule has 0 aliphatic carbocycles. The second-order valence-corrected chi connectivity index (χ2v) is 4.21. The monoisotopic (exact) mass is 260 g/mol. The van der Waals surface area contributed by atoms with Crippen molar-refractivity contribution in [2.45, 2.75) is 26.7 Å². The van der Waals surface area contributed by atoms with Crippen LogP contribution in [0.4, 0.5) is 0 Å². The molecule has 0 saturated heterocycles. The van der Waals surface area contributed by atoms with Crippen LogP contribution >= 0.6 is 0 Å². The summed E-state index contributed by atoms with van der Waals surface area (Å²) in [7, 11) is 0. The summed E-state index contributed by atoms with van der Waals surface area (Å²) >= 11 is 0. The Bertz CT molecular complexity index is 468. The molecule has 0 amide bonds. The van der Waals surface area contributed by atoms with E-state index in [9.17, 15) is 0 Å². The van der Waals surface area contributed by atoms with E-state index in [-0.39, 0.29) is 0 Å². The molecule has 0 spiro atoms. The number of aromatic nitrogens is 2. The smallest absolute Gasteiger partial charge is 0.134 e. The van der Waals surface area contributed by atoms with Crippen LogP contribution < -0.4 is 0 Å². The van der Waals surface area contributed by atoms with E-state index in [0.29, 0.717) is 26.4 Å². The third-order valence-electron chi connectivity index (χ3n) is 2.83. The van der Waals surface area contributed by atoms with Crippen molar-refractivity contribution in [3.05, 3.63) is 54.1 Å². The SMILES string of the molecule is CCOCc1nccn1CCOCc1ccccc1. The Labute approximate surface area is 114 Å². The van der Waals surface area contributed by atoms with Crippen molar-refractivity contribution in [3.63, 3.8) is 0 Å². The highest BCUT2D eigenvalue weighted by molar-refractivity contribution is 5.13. The average molecular weight is 260 g/mol. The fourth-order valence-corrected chi connectivity index (χ4v) is 1.80. The van der Waals surface area contributed by atoms with Crippen molar-refractivity contribution in [1.82, 2.24) is 9.55 Å². The zero-order valence-corrected chi connectivity index (χ0v) is 11.3. The van der Waals surface area contributed by atoms with E-state index in [1.54, 1.807) is 6.20 Å². The van der Waals surface area contributed by atoms with Crippen molar-refractivity contribution in [1.29, 1.82) is 0 Å². The van der Waals surface area contributed by atoms with Crippen LogP contribution in [0.3, 0.4) is 0 Å². The van der Waals surface area contributed by atoms with Crippen LogP contribution in [0.2, 0.25) is 0 Å². The zero-order valence-electron chi connectivity index (χ0n) is 11.3. The van der Waals surface area contributed by atoms with Crippen LogP contribution in [-0.4, -0.2) is 22.8 Å². The van der Waals surface area contributed by atoms with Crippen molar-refractivity contribution >= 4 is 0 Å². The van der Waals surface area contributed by atoms with E-state index in [1.807, 2.05) is 31.3 Å². The van der Waals surface area contributed by atoms with Crippen LogP contribution in [0.25, 0.3) is 0 Å². The Morgan fingerprint density at radius 2 is 1.95 bits per heavy atom. The summed E-state index contributed by atoms with van der Waals surface area (Å²) in [5.74, 6) is 0.949. The van der Waals surface area contributed by atoms with Gasteiger partial charge in [-0.1, -0.05) is 30.3 Å². The Hall–Kier alpha value is -1.65. The van der Waals surface area contributed by atoms with Gasteiger partial charge in [-0.05, 0) is 12.5 Å². The fourth-order valence-electron chi connectivity index (χ4n) is 1.80. The molecular formula is C15H20N2O2. The van der Waals surface area contributed by atoms with Crippen molar-refractivity contribution in [2.75, 3.05) is 13.2 Å². The van der Waals surface area contributed by atoms with Crippen molar-refractivity contribution in [3.8, 4) is 0 Å². The van der Waals surface area contributed by atoms with E-state index >= 15 is 0 Å². The first-order valence-electron chi connectivity index (χ1n) is 6.59. The van der Waals surface area contributed by atoms with Crippen LogP contribution in [0.1, 0.15) is 18.3 Å². The molecule has 0 N–H and O–H groups in total. The number of rotatable bonds is 8. The molecule has 102 valence electrons. The molecule has 0 atom stereocenters. The second kappa shape index (κ2) is 7.71. The lowest BCUT2D eigenvalue weighted by Crippen LogP contribution is -2.10. The molecule has 1 aromatic heterocycles. The standard InChI is InChI=1S/C15H20N2O2/c1-2-18-13-15-16-8-9-17(15)10-11-19-12-14-6-4-3-5-7-14/h3-9H,2,10-13H2,1H3. The lowest BCUT2D eigenvalue weighted by atomic mass is 10.2. The van der Waals surface area contributed by atoms with Crippen LogP contribution in [-0.2, 0) is 29.2 Å². The van der Waals surface area contributed by atoms with Gasteiger partial charge in [0.1, 0.15) is 12.4 Å². The second-order valence-electron chi connectivity index (χ2n) is 4.21. The number of hydrogen-bond acceptors (Lipinski definition) is 3. The quantitative estimate of drug-likeness (QED) is 0.685. The summed E-state index contributed by atoms with van der Waals surface area (Å²) in [4.78, 5) is 4.27. The highest BCUT2D eigenvalue weighted by atomic mass is 16.5. The summed E-state index contributed by atoms with van der Waals surface area (Å²) in [6, 6.07) is 10.2. The zero-order chi connectivity index (χ0) is 13.3. The van der Waals surface area contributed by atoms with Gasteiger partial charge in [0.15, 0.2) is 0 Å². The minimum absolute atomic E-state index is 0.558. The van der Waals surface area contributed by atoms with Gasteiger partial charge in [-0.3, -0.25) is 0 Å². The number of hydrogen-bond donors (Lipinski definition) is 0. The summed E-state index contributed by atoms with van der Waals surface area (Å²) in [6.45, 7) is 5.37. The number of imidazole rings is 1. The normalized spacial score (nSPS) is 10.8. The molecule has 4 heteroatoms. The molecule has 19 heavy (non-hydrogen) atoms. The van der Waals surface area contributed by atoms with Gasteiger partial charge in [0.2, 0.25) is 0 Å². The third kappa shape index (κ3) is 4.50. The first-order chi connectivity index (χ1) is 9.40. The maximum Gasteiger partial charge on any atom is 0.134 e. The van der Waals surface area contributed by atoms with E-state index in [4.69, 9.17) is 9.47 Å². The van der Waals surface area contributed by atoms with Crippen LogP contribution in [0, 0.1) is 0 Å². The van der Waals surface area contributed by atoms with Gasteiger partial charge in [-0.15, -0.1) is 0 Å². The van der Waals surface area contributed by atoms with E-state index in [1.165, 1.54) is 5.56 Å². The topological polar surface area (TPSA) is 36.3 Å². The highest BCUT2D eigenvalue weighted by Crippen LogP contribution is 2.03. The molecule has 0 bridgehead atoms. The van der Waals surface area contributed by atoms with Gasteiger partial charge < -0.3 is 14.0 Å². The number of nitrogens with zero attached hydrogens (tertiary/aromatic N) is 2. The molecule has 0 aliphatic heterocycles. The minimum atomic E-state index is 0.558. The van der Waals surface area contributed by atoms with Gasteiger partial charge in [-0.25, -0.2) is 4.98 Å². The Morgan fingerprint density at radius 3 is 2.74 bits per heavy atom. The predicted molar refractivity (Wildman–Crippen MR) is 73.7 cm³/mol. The Balaban J connectivity index is 1.72. The Morgan fingerprint density at radius 1 is 1.11 bits per heavy atom. The minimum Gasteiger partial charge on any atom is -0.375 e. The molecule has 0 radical (unpaired) electrons. The molecule has 0 saturated carbocycles. The van der Waals surface area contributed by atoms with Crippen LogP contribution in [0.5, 0.6) is 0 Å². The van der Waals surface area contributed by atoms with Gasteiger partial charge in [0.25, 0.3) is 0 Å². The van der Waals surface area contributed by atoms with Gasteiger partial charge >= 0.3 is 0 Å². The maximum atomic E-state index is 5.66. The van der Waals surface area contributed by atoms with Crippen molar-refractivity contribution < 1.29 is 9.47 Å². The molecule has 0 aliphatic rings. The fraction of sp³-hybridized carbons (Fsp3) is 0.400. The maximum absolute atomic E-state index is 5.66. The van der Waals surface area contributed by atoms with Gasteiger partial charge in [0.05, 0.1) is 13.2 Å². The molecule has 0 unspecified atom stereocenters. The van der Waals surface area contributed by atoms with E-state index in [2.05, 4.69) is 21.7 Å². The summed E-state index contributed by atoms with van der Waals surface area (Å²) in [6.07, 6.45) is 3.76. The van der Waals surface area contributed by atoms with Crippen molar-refractivity contribution in [2.24, 2.45) is 0 Å². The summed E-state index contributed by atoms with van der Waals surface area (Å²) in [5.41, 5.74) is 1.20. The number of ether oxygens (including phenoxy) is 2. The highest BCUT2D eigenvalue weighted by Gasteiger charge is 2.02. The lowest BCUT2D eigenvalue weighted by molar-refractivity contribution is 0.104. The van der Waals surface area contributed by atoms with Crippen LogP contribution in [0.15, 0.2) is 42.7 Å². The van der Waals surface area contributed by atoms with E-state index < -0.39 is 0 Å². The molecule has 1 heterocycles. The third-order valence-corrected chi connectivity index (χ3v) is 2.83. The van der Waals surface area contributed by atoms with Gasteiger partial charge in [0, 0.05) is 25.5 Å². The average Bonchev–Trinajstić information content (AvgIpc) is 2.90. The predicted octanol–water partition coefficient (Wildman–Crippen LogP) is 2.64. The molecule has 4 nitrogen and oxygen atoms in total. The largest absolute Gasteiger partial charge is 0.375 e. The Kier molecular flexibility index (Phi) is 5.59.